The molecule has 10 heteroatoms. The molecule has 3 aliphatic rings. The van der Waals surface area contributed by atoms with Crippen molar-refractivity contribution in [2.75, 3.05) is 58.4 Å². The van der Waals surface area contributed by atoms with Crippen molar-refractivity contribution >= 4 is 11.8 Å². The molecule has 262 valence electrons. The first kappa shape index (κ1) is 36.9. The molecule has 46 heavy (non-hydrogen) atoms. The molecular weight excluding hydrogens is 586 g/mol. The third-order valence-electron chi connectivity index (χ3n) is 9.20. The number of benzene rings is 1. The summed E-state index contributed by atoms with van der Waals surface area (Å²) < 4.78 is 36.9. The van der Waals surface area contributed by atoms with E-state index in [0.717, 1.165) is 39.0 Å². The van der Waals surface area contributed by atoms with Crippen LogP contribution in [0.25, 0.3) is 0 Å². The number of rotatable bonds is 21. The molecule has 3 heterocycles. The minimum atomic E-state index is -1.16. The van der Waals surface area contributed by atoms with Crippen LogP contribution in [0, 0.1) is 0 Å². The van der Waals surface area contributed by atoms with Crippen LogP contribution in [0.5, 0.6) is 5.75 Å². The van der Waals surface area contributed by atoms with Crippen LogP contribution < -0.4 is 15.4 Å². The van der Waals surface area contributed by atoms with E-state index in [4.69, 9.17) is 28.4 Å². The number of fused-ring (bicyclic) bond motifs is 1. The number of amides is 1. The van der Waals surface area contributed by atoms with Crippen LogP contribution in [-0.4, -0.2) is 93.9 Å². The zero-order valence-corrected chi connectivity index (χ0v) is 29.0. The normalized spacial score (nSPS) is 25.8. The summed E-state index contributed by atoms with van der Waals surface area (Å²) in [7, 11) is 1.61. The van der Waals surface area contributed by atoms with Crippen LogP contribution in [0.4, 0.5) is 10.5 Å². The molecule has 3 saturated heterocycles. The second kappa shape index (κ2) is 19.1. The lowest BCUT2D eigenvalue weighted by molar-refractivity contribution is -0.277. The second-order valence-corrected chi connectivity index (χ2v) is 13.6. The summed E-state index contributed by atoms with van der Waals surface area (Å²) in [6.45, 7) is 11.4. The maximum Gasteiger partial charge on any atom is 0.412 e. The molecule has 1 aromatic carbocycles. The minimum absolute atomic E-state index is 0.211. The van der Waals surface area contributed by atoms with Gasteiger partial charge in [-0.05, 0) is 70.5 Å². The van der Waals surface area contributed by atoms with Gasteiger partial charge in [0.05, 0.1) is 7.11 Å². The highest BCUT2D eigenvalue weighted by molar-refractivity contribution is 5.84. The van der Waals surface area contributed by atoms with E-state index < -0.39 is 36.0 Å². The topological polar surface area (TPSA) is 99.8 Å². The summed E-state index contributed by atoms with van der Waals surface area (Å²) >= 11 is 0. The first-order chi connectivity index (χ1) is 22.3. The molecule has 3 aliphatic heterocycles. The summed E-state index contributed by atoms with van der Waals surface area (Å²) in [5.41, 5.74) is 0.607. The SMILES string of the molecule is CCCCCCCCCCCCOC[C@@]12O[C@@H](CNCCN3CCCCC3)[C@@H](OC(=O)Nc3ccc(OC)cc3)[C@@H]1OC(C)(C)O2. The Morgan fingerprint density at radius 3 is 2.28 bits per heavy atom. The highest BCUT2D eigenvalue weighted by Gasteiger charge is 2.66. The molecule has 1 amide bonds. The molecule has 4 rings (SSSR count). The Bertz CT molecular complexity index is 1000. The standard InChI is InChI=1S/C36H61N3O7/c1-5-6-7-8-9-10-11-12-13-17-26-42-28-36-33(45-35(2,3)46-36)32(43-34(40)38-29-18-20-30(41-4)21-19-29)31(44-36)27-37-22-25-39-23-15-14-16-24-39/h18-21,31-33,37H,5-17,22-28H2,1-4H3,(H,38,40)/t31-,32+,33-,36-/m0/s1. The molecule has 0 bridgehead atoms. The number of hydrogen-bond donors (Lipinski definition) is 2. The van der Waals surface area contributed by atoms with Gasteiger partial charge < -0.3 is 38.6 Å². The van der Waals surface area contributed by atoms with Crippen molar-refractivity contribution in [2.45, 2.75) is 134 Å². The van der Waals surface area contributed by atoms with Gasteiger partial charge in [-0.2, -0.15) is 0 Å². The fourth-order valence-corrected chi connectivity index (χ4v) is 6.78. The molecule has 4 atom stereocenters. The number of carbonyl (C=O) groups excluding carboxylic acids is 1. The Hall–Kier alpha value is -1.95. The molecule has 3 fully saturated rings. The van der Waals surface area contributed by atoms with E-state index in [1.165, 1.54) is 70.6 Å². The van der Waals surface area contributed by atoms with Crippen molar-refractivity contribution in [1.82, 2.24) is 10.2 Å². The largest absolute Gasteiger partial charge is 0.497 e. The fourth-order valence-electron chi connectivity index (χ4n) is 6.78. The van der Waals surface area contributed by atoms with E-state index in [9.17, 15) is 4.79 Å². The predicted molar refractivity (Wildman–Crippen MR) is 180 cm³/mol. The molecule has 0 saturated carbocycles. The molecule has 0 aromatic heterocycles. The molecule has 0 spiro atoms. The lowest BCUT2D eigenvalue weighted by atomic mass is 10.1. The van der Waals surface area contributed by atoms with E-state index in [2.05, 4.69) is 22.5 Å². The van der Waals surface area contributed by atoms with Crippen LogP contribution in [0.2, 0.25) is 0 Å². The summed E-state index contributed by atoms with van der Waals surface area (Å²) in [5.74, 6) is -1.36. The smallest absolute Gasteiger partial charge is 0.412 e. The summed E-state index contributed by atoms with van der Waals surface area (Å²) in [6, 6.07) is 7.12. The lowest BCUT2D eigenvalue weighted by Crippen LogP contribution is -2.46. The number of nitrogens with one attached hydrogen (secondary N) is 2. The zero-order chi connectivity index (χ0) is 32.7. The maximum absolute atomic E-state index is 13.2. The highest BCUT2D eigenvalue weighted by Crippen LogP contribution is 2.46. The van der Waals surface area contributed by atoms with E-state index in [0.29, 0.717) is 24.6 Å². The Morgan fingerprint density at radius 1 is 0.935 bits per heavy atom. The number of piperidine rings is 1. The van der Waals surface area contributed by atoms with Gasteiger partial charge in [-0.3, -0.25) is 5.32 Å². The third kappa shape index (κ3) is 11.6. The van der Waals surface area contributed by atoms with Crippen molar-refractivity contribution in [3.05, 3.63) is 24.3 Å². The number of anilines is 1. The van der Waals surface area contributed by atoms with E-state index in [1.54, 1.807) is 31.4 Å². The van der Waals surface area contributed by atoms with E-state index in [-0.39, 0.29) is 6.61 Å². The van der Waals surface area contributed by atoms with Gasteiger partial charge in [-0.25, -0.2) is 4.79 Å². The first-order valence-corrected chi connectivity index (χ1v) is 18.0. The number of unbranched alkanes of at least 4 members (excludes halogenated alkanes) is 9. The Morgan fingerprint density at radius 2 is 1.61 bits per heavy atom. The lowest BCUT2D eigenvalue weighted by Gasteiger charge is -2.29. The van der Waals surface area contributed by atoms with Crippen molar-refractivity contribution < 1.29 is 33.2 Å². The second-order valence-electron chi connectivity index (χ2n) is 13.6. The first-order valence-electron chi connectivity index (χ1n) is 18.0. The number of methoxy groups -OCH3 is 1. The number of likely N-dealkylation sites (tertiary alicyclic amines) is 1. The Balaban J connectivity index is 1.30. The van der Waals surface area contributed by atoms with Gasteiger partial charge in [0.25, 0.3) is 0 Å². The van der Waals surface area contributed by atoms with E-state index in [1.807, 2.05) is 13.8 Å². The molecule has 0 unspecified atom stereocenters. The molecular formula is C36H61N3O7. The number of nitrogens with zero attached hydrogens (tertiary/aromatic N) is 1. The van der Waals surface area contributed by atoms with Gasteiger partial charge in [-0.1, -0.05) is 71.1 Å². The van der Waals surface area contributed by atoms with Crippen molar-refractivity contribution in [1.29, 1.82) is 0 Å². The van der Waals surface area contributed by atoms with Gasteiger partial charge in [0, 0.05) is 31.9 Å². The van der Waals surface area contributed by atoms with Gasteiger partial charge in [0.15, 0.2) is 18.0 Å². The monoisotopic (exact) mass is 647 g/mol. The third-order valence-corrected chi connectivity index (χ3v) is 9.20. The quantitative estimate of drug-likeness (QED) is 0.139. The van der Waals surface area contributed by atoms with Crippen LogP contribution in [0.1, 0.15) is 104 Å². The Labute approximate surface area is 277 Å². The van der Waals surface area contributed by atoms with Crippen molar-refractivity contribution in [3.8, 4) is 5.75 Å². The van der Waals surface area contributed by atoms with Crippen LogP contribution in [0.3, 0.4) is 0 Å². The molecule has 1 aromatic rings. The van der Waals surface area contributed by atoms with Crippen molar-refractivity contribution in [3.63, 3.8) is 0 Å². The fraction of sp³-hybridized carbons (Fsp3) is 0.806. The highest BCUT2D eigenvalue weighted by atomic mass is 16.9. The minimum Gasteiger partial charge on any atom is -0.497 e. The maximum atomic E-state index is 13.2. The average molecular weight is 648 g/mol. The van der Waals surface area contributed by atoms with Gasteiger partial charge in [0.2, 0.25) is 5.79 Å². The average Bonchev–Trinajstić information content (AvgIpc) is 3.46. The van der Waals surface area contributed by atoms with Gasteiger partial charge >= 0.3 is 6.09 Å². The summed E-state index contributed by atoms with van der Waals surface area (Å²) in [4.78, 5) is 15.7. The summed E-state index contributed by atoms with van der Waals surface area (Å²) in [6.07, 6.45) is 14.2. The summed E-state index contributed by atoms with van der Waals surface area (Å²) in [5, 5.41) is 6.37. The molecule has 2 N–H and O–H groups in total. The van der Waals surface area contributed by atoms with Crippen LogP contribution >= 0.6 is 0 Å². The van der Waals surface area contributed by atoms with E-state index >= 15 is 0 Å². The van der Waals surface area contributed by atoms with Gasteiger partial charge in [-0.15, -0.1) is 0 Å². The molecule has 0 aliphatic carbocycles. The van der Waals surface area contributed by atoms with Crippen molar-refractivity contribution in [2.24, 2.45) is 0 Å². The number of carbonyl (C=O) groups is 1. The Kier molecular flexibility index (Phi) is 15.4. The number of hydrogen-bond acceptors (Lipinski definition) is 9. The van der Waals surface area contributed by atoms with Crippen LogP contribution in [-0.2, 0) is 23.7 Å². The van der Waals surface area contributed by atoms with Crippen LogP contribution in [0.15, 0.2) is 24.3 Å². The molecule has 10 nitrogen and oxygen atoms in total. The number of ether oxygens (including phenoxy) is 6. The van der Waals surface area contributed by atoms with Gasteiger partial charge in [0.1, 0.15) is 18.5 Å². The predicted octanol–water partition coefficient (Wildman–Crippen LogP) is 6.87. The zero-order valence-electron chi connectivity index (χ0n) is 29.0. The molecule has 0 radical (unpaired) electrons.